The van der Waals surface area contributed by atoms with Crippen molar-refractivity contribution in [1.82, 2.24) is 4.57 Å². The van der Waals surface area contributed by atoms with E-state index in [0.717, 1.165) is 5.69 Å². The first-order chi connectivity index (χ1) is 33.9. The van der Waals surface area contributed by atoms with Crippen molar-refractivity contribution in [1.29, 1.82) is 0 Å². The first-order valence-electron chi connectivity index (χ1n) is 24.8. The minimum Gasteiger partial charge on any atom is -0.309 e. The molecule has 70 heavy (non-hydrogen) atoms. The molecule has 2 heteroatoms. The van der Waals surface area contributed by atoms with E-state index in [1.54, 1.807) is 0 Å². The van der Waals surface area contributed by atoms with Gasteiger partial charge >= 0.3 is 0 Å². The van der Waals surface area contributed by atoms with Crippen LogP contribution in [-0.2, 0) is 10.8 Å². The highest BCUT2D eigenvalue weighted by molar-refractivity contribution is 6.95. The zero-order valence-corrected chi connectivity index (χ0v) is 41.1. The number of benzene rings is 10. The van der Waals surface area contributed by atoms with E-state index in [1.165, 1.54) is 105 Å². The molecule has 0 N–H and O–H groups in total. The molecule has 1 heterocycles. The van der Waals surface area contributed by atoms with Gasteiger partial charge in [-0.2, -0.15) is 0 Å². The third-order valence-corrected chi connectivity index (χ3v) is 14.3. The minimum atomic E-state index is 0.0651. The molecule has 10 aromatic carbocycles. The number of fused-ring (bicyclic) bond motifs is 3. The zero-order chi connectivity index (χ0) is 48.0. The molecule has 0 fully saturated rings. The molecule has 338 valence electrons. The summed E-state index contributed by atoms with van der Waals surface area (Å²) in [6, 6.07) is 90.2. The van der Waals surface area contributed by atoms with Gasteiger partial charge in [-0.25, -0.2) is 0 Å². The van der Waals surface area contributed by atoms with Crippen LogP contribution in [0, 0.1) is 0 Å². The summed E-state index contributed by atoms with van der Waals surface area (Å²) >= 11 is 0. The molecule has 0 saturated carbocycles. The molecular formula is C68H58BN. The van der Waals surface area contributed by atoms with Gasteiger partial charge in [-0.15, -0.1) is 0 Å². The van der Waals surface area contributed by atoms with Crippen molar-refractivity contribution in [2.24, 2.45) is 0 Å². The molecule has 0 spiro atoms. The van der Waals surface area contributed by atoms with Crippen LogP contribution in [0.4, 0.5) is 0 Å². The van der Waals surface area contributed by atoms with E-state index < -0.39 is 0 Å². The van der Waals surface area contributed by atoms with Gasteiger partial charge < -0.3 is 4.57 Å². The molecule has 1 aromatic heterocycles. The van der Waals surface area contributed by atoms with Crippen LogP contribution in [0.2, 0.25) is 0 Å². The summed E-state index contributed by atoms with van der Waals surface area (Å²) in [6.07, 6.45) is 0. The molecule has 0 radical (unpaired) electrons. The Hall–Kier alpha value is -7.94. The maximum absolute atomic E-state index is 2.45. The second-order valence-corrected chi connectivity index (χ2v) is 21.0. The van der Waals surface area contributed by atoms with E-state index in [1.807, 2.05) is 0 Å². The van der Waals surface area contributed by atoms with Gasteiger partial charge in [0.25, 0.3) is 0 Å². The molecule has 0 bridgehead atoms. The smallest absolute Gasteiger partial charge is 0.241 e. The highest BCUT2D eigenvalue weighted by Crippen LogP contribution is 2.39. The fourth-order valence-electron chi connectivity index (χ4n) is 10.3. The van der Waals surface area contributed by atoms with E-state index >= 15 is 0 Å². The Kier molecular flexibility index (Phi) is 11.6. The topological polar surface area (TPSA) is 4.93 Å². The number of rotatable bonds is 9. The lowest BCUT2D eigenvalue weighted by atomic mass is 9.37. The third-order valence-electron chi connectivity index (χ3n) is 14.3. The van der Waals surface area contributed by atoms with Crippen LogP contribution in [0.1, 0.15) is 52.7 Å². The predicted octanol–water partition coefficient (Wildman–Crippen LogP) is 16.2. The molecule has 11 rings (SSSR count). The van der Waals surface area contributed by atoms with Crippen molar-refractivity contribution >= 4 is 44.9 Å². The Bertz CT molecular complexity index is 3390. The van der Waals surface area contributed by atoms with Crippen LogP contribution in [0.15, 0.2) is 243 Å². The van der Waals surface area contributed by atoms with Crippen molar-refractivity contribution in [2.45, 2.75) is 52.4 Å². The van der Waals surface area contributed by atoms with Gasteiger partial charge in [0.15, 0.2) is 0 Å². The quantitative estimate of drug-likeness (QED) is 0.127. The average Bonchev–Trinajstić information content (AvgIpc) is 3.72. The Labute approximate surface area is 414 Å². The van der Waals surface area contributed by atoms with Crippen LogP contribution >= 0.6 is 0 Å². The second kappa shape index (κ2) is 18.2. The Morgan fingerprint density at radius 2 is 0.571 bits per heavy atom. The highest BCUT2D eigenvalue weighted by Gasteiger charge is 2.23. The van der Waals surface area contributed by atoms with Crippen LogP contribution in [-0.4, -0.2) is 11.3 Å². The second-order valence-electron chi connectivity index (χ2n) is 21.0. The van der Waals surface area contributed by atoms with E-state index in [0.29, 0.717) is 0 Å². The number of nitrogens with zero attached hydrogens (tertiary/aromatic N) is 1. The van der Waals surface area contributed by atoms with Gasteiger partial charge in [-0.3, -0.25) is 0 Å². The Morgan fingerprint density at radius 1 is 0.271 bits per heavy atom. The van der Waals surface area contributed by atoms with Gasteiger partial charge in [0.2, 0.25) is 6.71 Å². The molecule has 0 aliphatic heterocycles. The van der Waals surface area contributed by atoms with Crippen molar-refractivity contribution in [3.05, 3.63) is 254 Å². The van der Waals surface area contributed by atoms with Gasteiger partial charge in [0, 0.05) is 16.5 Å². The van der Waals surface area contributed by atoms with Crippen molar-refractivity contribution in [3.8, 4) is 61.3 Å². The molecule has 0 saturated heterocycles. The SMILES string of the molecule is CC(C)(C)c1ccc(-c2ccc3c(c2)c2cc(-c4ccc(C(C)(C)C)cc4)ccc2n3-c2cccc(-c3ccc(B(c4ccc(-c5ccccc5)cc4)c4ccc(-c5ccccc5)cc4)cc3)c2)cc1. The van der Waals surface area contributed by atoms with Gasteiger partial charge in [-0.1, -0.05) is 264 Å². The fourth-order valence-corrected chi connectivity index (χ4v) is 10.3. The molecule has 0 amide bonds. The summed E-state index contributed by atoms with van der Waals surface area (Å²) in [5, 5.41) is 2.49. The van der Waals surface area contributed by atoms with Crippen LogP contribution in [0.25, 0.3) is 83.1 Å². The largest absolute Gasteiger partial charge is 0.309 e. The summed E-state index contributed by atoms with van der Waals surface area (Å²) in [4.78, 5) is 0. The fraction of sp³-hybridized carbons (Fsp3) is 0.118. The molecule has 0 unspecified atom stereocenters. The molecule has 11 aromatic rings. The standard InChI is InChI=1S/C68H58BN/c1-67(2,3)57-32-20-51(21-33-57)55-30-42-65-63(45-55)64-46-56(52-22-34-58(35-23-52)68(4,5)6)31-43-66(64)70(65)62-19-13-18-54(44-62)53-28-40-61(41-29-53)69(59-36-24-49(25-37-59)47-14-9-7-10-15-47)60-38-26-50(27-39-60)48-16-11-8-12-17-48/h7-46H,1-6H3. The van der Waals surface area contributed by atoms with E-state index in [-0.39, 0.29) is 17.5 Å². The van der Waals surface area contributed by atoms with Crippen LogP contribution < -0.4 is 16.4 Å². The van der Waals surface area contributed by atoms with Gasteiger partial charge in [0.05, 0.1) is 11.0 Å². The molecule has 0 aliphatic rings. The third kappa shape index (κ3) is 8.83. The zero-order valence-electron chi connectivity index (χ0n) is 41.1. The molecule has 1 nitrogen and oxygen atoms in total. The summed E-state index contributed by atoms with van der Waals surface area (Å²) in [5.41, 5.74) is 22.4. The lowest BCUT2D eigenvalue weighted by Gasteiger charge is -2.19. The number of hydrogen-bond donors (Lipinski definition) is 0. The van der Waals surface area contributed by atoms with Crippen molar-refractivity contribution in [2.75, 3.05) is 0 Å². The monoisotopic (exact) mass is 899 g/mol. The van der Waals surface area contributed by atoms with E-state index in [2.05, 4.69) is 289 Å². The minimum absolute atomic E-state index is 0.0651. The first kappa shape index (κ1) is 44.6. The van der Waals surface area contributed by atoms with Gasteiger partial charge in [-0.05, 0) is 114 Å². The normalized spacial score (nSPS) is 11.9. The van der Waals surface area contributed by atoms with Crippen LogP contribution in [0.5, 0.6) is 0 Å². The van der Waals surface area contributed by atoms with Crippen molar-refractivity contribution in [3.63, 3.8) is 0 Å². The highest BCUT2D eigenvalue weighted by atomic mass is 15.0. The molecular weight excluding hydrogens is 842 g/mol. The van der Waals surface area contributed by atoms with Crippen molar-refractivity contribution < 1.29 is 0 Å². The molecule has 0 atom stereocenters. The van der Waals surface area contributed by atoms with Crippen LogP contribution in [0.3, 0.4) is 0 Å². The summed E-state index contributed by atoms with van der Waals surface area (Å²) in [6.45, 7) is 13.7. The summed E-state index contributed by atoms with van der Waals surface area (Å²) in [7, 11) is 0. The maximum Gasteiger partial charge on any atom is 0.241 e. The number of hydrogen-bond acceptors (Lipinski definition) is 0. The number of aromatic nitrogens is 1. The predicted molar refractivity (Wildman–Crippen MR) is 303 cm³/mol. The summed E-state index contributed by atoms with van der Waals surface area (Å²) < 4.78 is 2.45. The van der Waals surface area contributed by atoms with E-state index in [4.69, 9.17) is 0 Å². The first-order valence-corrected chi connectivity index (χ1v) is 24.8. The Morgan fingerprint density at radius 3 is 0.943 bits per heavy atom. The lowest BCUT2D eigenvalue weighted by Crippen LogP contribution is -2.51. The van der Waals surface area contributed by atoms with E-state index in [9.17, 15) is 0 Å². The Balaban J connectivity index is 0.975. The van der Waals surface area contributed by atoms with Gasteiger partial charge in [0.1, 0.15) is 0 Å². The maximum atomic E-state index is 2.45. The average molecular weight is 900 g/mol. The molecule has 0 aliphatic carbocycles. The summed E-state index contributed by atoms with van der Waals surface area (Å²) in [5.74, 6) is 0. The lowest BCUT2D eigenvalue weighted by molar-refractivity contribution is 0.590.